The van der Waals surface area contributed by atoms with Crippen LogP contribution < -0.4 is 21.1 Å². The van der Waals surface area contributed by atoms with Crippen LogP contribution in [0.4, 0.5) is 5.69 Å². The van der Waals surface area contributed by atoms with Gasteiger partial charge in [0.05, 0.1) is 18.4 Å². The van der Waals surface area contributed by atoms with Gasteiger partial charge in [-0.2, -0.15) is 0 Å². The Kier molecular flexibility index (Phi) is 8.16. The number of nitrogens with one attached hydrogen (secondary N) is 2. The Morgan fingerprint density at radius 3 is 2.70 bits per heavy atom. The van der Waals surface area contributed by atoms with Gasteiger partial charge in [0.1, 0.15) is 5.75 Å². The molecule has 0 saturated carbocycles. The van der Waals surface area contributed by atoms with E-state index in [-0.39, 0.29) is 23.6 Å². The minimum Gasteiger partial charge on any atom is -0.497 e. The number of thioether (sulfide) groups is 1. The first kappa shape index (κ1) is 20.8. The fraction of sp³-hybridized carbons (Fsp3) is 0.300. The lowest BCUT2D eigenvalue weighted by molar-refractivity contribution is -0.113. The van der Waals surface area contributed by atoms with E-state index in [1.807, 2.05) is 31.2 Å². The van der Waals surface area contributed by atoms with Gasteiger partial charge < -0.3 is 21.1 Å². The molecule has 7 heteroatoms. The summed E-state index contributed by atoms with van der Waals surface area (Å²) in [6.45, 7) is 2.42. The Morgan fingerprint density at radius 1 is 1.19 bits per heavy atom. The monoisotopic (exact) mass is 387 g/mol. The summed E-state index contributed by atoms with van der Waals surface area (Å²) < 4.78 is 5.15. The number of carbonyl (C=O) groups excluding carboxylic acids is 2. The van der Waals surface area contributed by atoms with Gasteiger partial charge in [0.2, 0.25) is 5.91 Å². The number of hydrogen-bond donors (Lipinski definition) is 3. The average Bonchev–Trinajstić information content (AvgIpc) is 2.66. The molecular weight excluding hydrogens is 362 g/mol. The van der Waals surface area contributed by atoms with Crippen molar-refractivity contribution >= 4 is 29.3 Å². The van der Waals surface area contributed by atoms with Gasteiger partial charge in [-0.05, 0) is 37.6 Å². The van der Waals surface area contributed by atoms with Crippen molar-refractivity contribution in [1.82, 2.24) is 5.32 Å². The second-order valence-electron chi connectivity index (χ2n) is 6.09. The molecule has 2 rings (SSSR count). The number of hydrogen-bond acceptors (Lipinski definition) is 5. The highest BCUT2D eigenvalue weighted by molar-refractivity contribution is 8.00. The van der Waals surface area contributed by atoms with Crippen molar-refractivity contribution in [3.05, 3.63) is 54.1 Å². The molecule has 2 amide bonds. The number of carbonyl (C=O) groups is 2. The third kappa shape index (κ3) is 6.96. The van der Waals surface area contributed by atoms with Crippen molar-refractivity contribution in [3.8, 4) is 5.75 Å². The van der Waals surface area contributed by atoms with Crippen LogP contribution in [0.15, 0.2) is 53.4 Å². The van der Waals surface area contributed by atoms with Crippen LogP contribution in [0.5, 0.6) is 5.75 Å². The zero-order valence-electron chi connectivity index (χ0n) is 15.5. The van der Waals surface area contributed by atoms with E-state index in [9.17, 15) is 9.59 Å². The zero-order chi connectivity index (χ0) is 19.6. The zero-order valence-corrected chi connectivity index (χ0v) is 16.3. The third-order valence-electron chi connectivity index (χ3n) is 3.73. The van der Waals surface area contributed by atoms with Crippen molar-refractivity contribution in [2.75, 3.05) is 24.7 Å². The van der Waals surface area contributed by atoms with Crippen LogP contribution in [-0.2, 0) is 4.79 Å². The molecule has 144 valence electrons. The Hall–Kier alpha value is -2.51. The standard InChI is InChI=1S/C20H25N3O3S/c1-14(21)10-11-22-20(25)17-8-3-4-9-18(17)27-13-19(24)23-15-6-5-7-16(12-15)26-2/h3-9,12,14H,10-11,13,21H2,1-2H3,(H,22,25)(H,23,24). The van der Waals surface area contributed by atoms with E-state index in [2.05, 4.69) is 10.6 Å². The lowest BCUT2D eigenvalue weighted by atomic mass is 10.2. The normalized spacial score (nSPS) is 11.5. The molecule has 1 unspecified atom stereocenters. The first-order chi connectivity index (χ1) is 13.0. The van der Waals surface area contributed by atoms with Crippen LogP contribution in [0.25, 0.3) is 0 Å². The van der Waals surface area contributed by atoms with Crippen LogP contribution in [0.3, 0.4) is 0 Å². The number of amides is 2. The molecule has 0 aliphatic carbocycles. The Balaban J connectivity index is 1.93. The van der Waals surface area contributed by atoms with E-state index < -0.39 is 0 Å². The third-order valence-corrected chi connectivity index (χ3v) is 4.80. The number of rotatable bonds is 9. The summed E-state index contributed by atoms with van der Waals surface area (Å²) in [7, 11) is 1.58. The molecule has 27 heavy (non-hydrogen) atoms. The van der Waals surface area contributed by atoms with E-state index in [4.69, 9.17) is 10.5 Å². The molecule has 0 aliphatic rings. The molecule has 0 fully saturated rings. The van der Waals surface area contributed by atoms with Gasteiger partial charge in [-0.15, -0.1) is 11.8 Å². The second kappa shape index (κ2) is 10.6. The largest absolute Gasteiger partial charge is 0.497 e. The molecule has 6 nitrogen and oxygen atoms in total. The van der Waals surface area contributed by atoms with Crippen LogP contribution in [0.2, 0.25) is 0 Å². The summed E-state index contributed by atoms with van der Waals surface area (Å²) in [5.74, 6) is 0.558. The second-order valence-corrected chi connectivity index (χ2v) is 7.10. The van der Waals surface area contributed by atoms with E-state index in [1.165, 1.54) is 11.8 Å². The SMILES string of the molecule is COc1cccc(NC(=O)CSc2ccccc2C(=O)NCCC(C)N)c1. The van der Waals surface area contributed by atoms with Gasteiger partial charge in [-0.3, -0.25) is 9.59 Å². The average molecular weight is 388 g/mol. The molecule has 0 aromatic heterocycles. The van der Waals surface area contributed by atoms with Crippen LogP contribution in [0, 0.1) is 0 Å². The summed E-state index contributed by atoms with van der Waals surface area (Å²) >= 11 is 1.32. The topological polar surface area (TPSA) is 93.4 Å². The Bertz CT molecular complexity index is 781. The lowest BCUT2D eigenvalue weighted by Gasteiger charge is -2.11. The van der Waals surface area contributed by atoms with Crippen molar-refractivity contribution in [3.63, 3.8) is 0 Å². The first-order valence-electron chi connectivity index (χ1n) is 8.69. The summed E-state index contributed by atoms with van der Waals surface area (Å²) in [4.78, 5) is 25.4. The number of ether oxygens (including phenoxy) is 1. The quantitative estimate of drug-likeness (QED) is 0.575. The number of nitrogens with two attached hydrogens (primary N) is 1. The van der Waals surface area contributed by atoms with Gasteiger partial charge in [0.15, 0.2) is 0 Å². The molecule has 0 bridgehead atoms. The molecule has 0 saturated heterocycles. The number of anilines is 1. The molecule has 2 aromatic rings. The summed E-state index contributed by atoms with van der Waals surface area (Å²) in [5, 5.41) is 5.69. The molecule has 1 atom stereocenters. The van der Waals surface area contributed by atoms with E-state index in [0.29, 0.717) is 30.0 Å². The van der Waals surface area contributed by atoms with E-state index >= 15 is 0 Å². The van der Waals surface area contributed by atoms with Gasteiger partial charge in [0, 0.05) is 29.2 Å². The first-order valence-corrected chi connectivity index (χ1v) is 9.67. The molecule has 0 radical (unpaired) electrons. The van der Waals surface area contributed by atoms with Gasteiger partial charge in [-0.1, -0.05) is 18.2 Å². The highest BCUT2D eigenvalue weighted by Crippen LogP contribution is 2.23. The fourth-order valence-electron chi connectivity index (χ4n) is 2.33. The summed E-state index contributed by atoms with van der Waals surface area (Å²) in [6.07, 6.45) is 0.712. The molecule has 0 aliphatic heterocycles. The van der Waals surface area contributed by atoms with Crippen molar-refractivity contribution in [1.29, 1.82) is 0 Å². The molecule has 4 N–H and O–H groups in total. The number of benzene rings is 2. The van der Waals surface area contributed by atoms with Crippen molar-refractivity contribution < 1.29 is 14.3 Å². The summed E-state index contributed by atoms with van der Waals surface area (Å²) in [6, 6.07) is 14.5. The van der Waals surface area contributed by atoms with Crippen molar-refractivity contribution in [2.45, 2.75) is 24.3 Å². The smallest absolute Gasteiger partial charge is 0.252 e. The van der Waals surface area contributed by atoms with Crippen LogP contribution in [-0.4, -0.2) is 37.3 Å². The molecule has 0 spiro atoms. The fourth-order valence-corrected chi connectivity index (χ4v) is 3.18. The maximum atomic E-state index is 12.4. The maximum Gasteiger partial charge on any atom is 0.252 e. The van der Waals surface area contributed by atoms with Crippen LogP contribution in [0.1, 0.15) is 23.7 Å². The Morgan fingerprint density at radius 2 is 1.96 bits per heavy atom. The van der Waals surface area contributed by atoms with E-state index in [1.54, 1.807) is 31.4 Å². The van der Waals surface area contributed by atoms with Crippen LogP contribution >= 0.6 is 11.8 Å². The maximum absolute atomic E-state index is 12.4. The highest BCUT2D eigenvalue weighted by atomic mass is 32.2. The highest BCUT2D eigenvalue weighted by Gasteiger charge is 2.13. The molecule has 0 heterocycles. The van der Waals surface area contributed by atoms with E-state index in [0.717, 1.165) is 4.90 Å². The predicted molar refractivity (Wildman–Crippen MR) is 109 cm³/mol. The summed E-state index contributed by atoms with van der Waals surface area (Å²) in [5.41, 5.74) is 6.93. The number of methoxy groups -OCH3 is 1. The molecule has 2 aromatic carbocycles. The predicted octanol–water partition coefficient (Wildman–Crippen LogP) is 2.89. The van der Waals surface area contributed by atoms with Gasteiger partial charge in [-0.25, -0.2) is 0 Å². The lowest BCUT2D eigenvalue weighted by Crippen LogP contribution is -2.29. The van der Waals surface area contributed by atoms with Crippen molar-refractivity contribution in [2.24, 2.45) is 5.73 Å². The minimum atomic E-state index is -0.160. The van der Waals surface area contributed by atoms with Gasteiger partial charge >= 0.3 is 0 Å². The Labute approximate surface area is 163 Å². The molecular formula is C20H25N3O3S. The van der Waals surface area contributed by atoms with Gasteiger partial charge in [0.25, 0.3) is 5.91 Å². The minimum absolute atomic E-state index is 0.0372.